The molecule has 0 aliphatic rings. The molecule has 0 saturated heterocycles. The molecule has 0 fully saturated rings. The number of alkyl halides is 3. The minimum Gasteiger partial charge on any atom is -0.267 e. The van der Waals surface area contributed by atoms with Gasteiger partial charge in [0.2, 0.25) is 0 Å². The molecule has 7 heteroatoms. The highest BCUT2D eigenvalue weighted by atomic mass is 79.9. The Morgan fingerprint density at radius 2 is 1.91 bits per heavy atom. The predicted octanol–water partition coefficient (Wildman–Crippen LogP) is 4.54. The molecule has 0 bridgehead atoms. The fraction of sp³-hybridized carbons (Fsp3) is 0.125. The van der Waals surface area contributed by atoms with Crippen LogP contribution >= 0.6 is 15.9 Å². The van der Waals surface area contributed by atoms with Gasteiger partial charge in [0.15, 0.2) is 0 Å². The lowest BCUT2D eigenvalue weighted by atomic mass is 10.1. The molecule has 0 aliphatic carbocycles. The number of carbonyl (C=O) groups excluding carboxylic acids is 1. The van der Waals surface area contributed by atoms with Crippen LogP contribution in [0.25, 0.3) is 0 Å². The summed E-state index contributed by atoms with van der Waals surface area (Å²) in [6.45, 7) is 1.87. The van der Waals surface area contributed by atoms with Crippen molar-refractivity contribution in [1.82, 2.24) is 5.43 Å². The monoisotopic (exact) mass is 384 g/mol. The molecule has 0 aromatic heterocycles. The highest BCUT2D eigenvalue weighted by molar-refractivity contribution is 9.10. The summed E-state index contributed by atoms with van der Waals surface area (Å²) in [4.78, 5) is 11.9. The van der Waals surface area contributed by atoms with E-state index in [9.17, 15) is 18.0 Å². The fourth-order valence-corrected chi connectivity index (χ4v) is 2.21. The summed E-state index contributed by atoms with van der Waals surface area (Å²) >= 11 is 3.31. The molecule has 3 nitrogen and oxygen atoms in total. The Morgan fingerprint density at radius 3 is 2.57 bits per heavy atom. The van der Waals surface area contributed by atoms with Crippen molar-refractivity contribution in [1.29, 1.82) is 0 Å². The molecule has 0 radical (unpaired) electrons. The van der Waals surface area contributed by atoms with Crippen molar-refractivity contribution >= 4 is 28.1 Å². The Kier molecular flexibility index (Phi) is 5.20. The Balaban J connectivity index is 2.13. The summed E-state index contributed by atoms with van der Waals surface area (Å²) in [5.74, 6) is -0.508. The number of rotatable bonds is 3. The maximum atomic E-state index is 12.8. The first-order chi connectivity index (χ1) is 10.8. The van der Waals surface area contributed by atoms with E-state index in [1.54, 1.807) is 18.2 Å². The van der Waals surface area contributed by atoms with Gasteiger partial charge >= 0.3 is 6.18 Å². The van der Waals surface area contributed by atoms with E-state index in [1.165, 1.54) is 18.2 Å². The van der Waals surface area contributed by atoms with Crippen molar-refractivity contribution in [3.05, 3.63) is 69.2 Å². The van der Waals surface area contributed by atoms with Crippen LogP contribution in [-0.2, 0) is 6.18 Å². The smallest absolute Gasteiger partial charge is 0.267 e. The molecule has 23 heavy (non-hydrogen) atoms. The fourth-order valence-electron chi connectivity index (χ4n) is 1.83. The van der Waals surface area contributed by atoms with Gasteiger partial charge in [-0.1, -0.05) is 40.2 Å². The molecule has 0 spiro atoms. The lowest BCUT2D eigenvalue weighted by molar-refractivity contribution is -0.137. The molecule has 0 heterocycles. The van der Waals surface area contributed by atoms with Crippen LogP contribution in [0.15, 0.2) is 52.0 Å². The number of amides is 1. The molecule has 120 valence electrons. The van der Waals surface area contributed by atoms with Crippen LogP contribution in [0, 0.1) is 6.92 Å². The molecule has 0 atom stereocenters. The number of carbonyl (C=O) groups is 1. The molecule has 1 N–H and O–H groups in total. The van der Waals surface area contributed by atoms with Crippen LogP contribution in [0.4, 0.5) is 13.2 Å². The lowest BCUT2D eigenvalue weighted by Crippen LogP contribution is -2.18. The summed E-state index contributed by atoms with van der Waals surface area (Å²) in [7, 11) is 0. The zero-order valence-corrected chi connectivity index (χ0v) is 13.6. The number of nitrogens with zero attached hydrogens (tertiary/aromatic N) is 1. The first-order valence-electron chi connectivity index (χ1n) is 6.55. The van der Waals surface area contributed by atoms with Crippen LogP contribution < -0.4 is 5.43 Å². The lowest BCUT2D eigenvalue weighted by Gasteiger charge is -2.09. The molecule has 0 unspecified atom stereocenters. The minimum atomic E-state index is -4.48. The Labute approximate surface area is 139 Å². The number of hydrogen-bond donors (Lipinski definition) is 1. The number of benzene rings is 2. The third-order valence-corrected chi connectivity index (χ3v) is 3.92. The van der Waals surface area contributed by atoms with Gasteiger partial charge in [0.25, 0.3) is 5.91 Å². The summed E-state index contributed by atoms with van der Waals surface area (Å²) < 4.78 is 39.2. The third-order valence-electron chi connectivity index (χ3n) is 3.07. The maximum Gasteiger partial charge on any atom is 0.417 e. The average molecular weight is 385 g/mol. The predicted molar refractivity (Wildman–Crippen MR) is 85.4 cm³/mol. The van der Waals surface area contributed by atoms with Crippen molar-refractivity contribution in [2.45, 2.75) is 13.1 Å². The van der Waals surface area contributed by atoms with Crippen molar-refractivity contribution in [3.63, 3.8) is 0 Å². The van der Waals surface area contributed by atoms with E-state index in [0.29, 0.717) is 5.56 Å². The van der Waals surface area contributed by atoms with E-state index in [4.69, 9.17) is 0 Å². The van der Waals surface area contributed by atoms with Gasteiger partial charge in [-0.2, -0.15) is 18.3 Å². The van der Waals surface area contributed by atoms with Crippen LogP contribution in [0.5, 0.6) is 0 Å². The maximum absolute atomic E-state index is 12.8. The van der Waals surface area contributed by atoms with Gasteiger partial charge in [-0.15, -0.1) is 0 Å². The standard InChI is InChI=1S/C16H12BrF3N2O/c1-10-6-7-11(8-14(10)17)15(23)22-21-9-12-4-2-3-5-13(12)16(18,19)20/h2-9H,1H3,(H,22,23)/b21-9+. The normalized spacial score (nSPS) is 11.7. The quantitative estimate of drug-likeness (QED) is 0.612. The summed E-state index contributed by atoms with van der Waals surface area (Å²) in [5, 5.41) is 3.60. The van der Waals surface area contributed by atoms with Gasteiger partial charge in [0.05, 0.1) is 11.8 Å². The number of nitrogens with one attached hydrogen (secondary N) is 1. The van der Waals surface area contributed by atoms with Crippen molar-refractivity contribution in [2.24, 2.45) is 5.10 Å². The van der Waals surface area contributed by atoms with E-state index >= 15 is 0 Å². The summed E-state index contributed by atoms with van der Waals surface area (Å²) in [6, 6.07) is 9.97. The molecule has 2 aromatic rings. The van der Waals surface area contributed by atoms with Gasteiger partial charge in [-0.3, -0.25) is 4.79 Å². The van der Waals surface area contributed by atoms with Crippen molar-refractivity contribution in [3.8, 4) is 0 Å². The second-order valence-electron chi connectivity index (χ2n) is 4.75. The number of aryl methyl sites for hydroxylation is 1. The van der Waals surface area contributed by atoms with Gasteiger partial charge < -0.3 is 0 Å². The van der Waals surface area contributed by atoms with E-state index in [0.717, 1.165) is 22.3 Å². The molecule has 2 rings (SSSR count). The number of halogens is 4. The largest absolute Gasteiger partial charge is 0.417 e. The van der Waals surface area contributed by atoms with Gasteiger partial charge in [-0.05, 0) is 30.7 Å². The topological polar surface area (TPSA) is 41.5 Å². The zero-order chi connectivity index (χ0) is 17.0. The Morgan fingerprint density at radius 1 is 1.22 bits per heavy atom. The Bertz CT molecular complexity index is 757. The van der Waals surface area contributed by atoms with E-state index in [-0.39, 0.29) is 5.56 Å². The van der Waals surface area contributed by atoms with E-state index < -0.39 is 17.6 Å². The summed E-state index contributed by atoms with van der Waals surface area (Å²) in [5.41, 5.74) is 2.60. The molecule has 0 saturated carbocycles. The SMILES string of the molecule is Cc1ccc(C(=O)N/N=C/c2ccccc2C(F)(F)F)cc1Br. The highest BCUT2D eigenvalue weighted by Crippen LogP contribution is 2.31. The zero-order valence-electron chi connectivity index (χ0n) is 12.0. The van der Waals surface area contributed by atoms with Crippen LogP contribution in [-0.4, -0.2) is 12.1 Å². The molecule has 2 aromatic carbocycles. The van der Waals surface area contributed by atoms with Crippen molar-refractivity contribution < 1.29 is 18.0 Å². The molecular formula is C16H12BrF3N2O. The first-order valence-corrected chi connectivity index (χ1v) is 7.34. The first kappa shape index (κ1) is 17.2. The molecule has 1 amide bonds. The van der Waals surface area contributed by atoms with Gasteiger partial charge in [0.1, 0.15) is 0 Å². The van der Waals surface area contributed by atoms with Crippen LogP contribution in [0.2, 0.25) is 0 Å². The highest BCUT2D eigenvalue weighted by Gasteiger charge is 2.32. The number of hydrazone groups is 1. The minimum absolute atomic E-state index is 0.120. The molecular weight excluding hydrogens is 373 g/mol. The van der Waals surface area contributed by atoms with Gasteiger partial charge in [0, 0.05) is 15.6 Å². The second kappa shape index (κ2) is 6.95. The van der Waals surface area contributed by atoms with E-state index in [1.807, 2.05) is 6.92 Å². The number of hydrogen-bond acceptors (Lipinski definition) is 2. The summed E-state index contributed by atoms with van der Waals surface area (Å²) in [6.07, 6.45) is -3.50. The Hall–Kier alpha value is -2.15. The second-order valence-corrected chi connectivity index (χ2v) is 5.60. The van der Waals surface area contributed by atoms with Crippen LogP contribution in [0.1, 0.15) is 27.0 Å². The third kappa shape index (κ3) is 4.41. The van der Waals surface area contributed by atoms with Crippen molar-refractivity contribution in [2.75, 3.05) is 0 Å². The average Bonchev–Trinajstić information content (AvgIpc) is 2.49. The molecule has 0 aliphatic heterocycles. The van der Waals surface area contributed by atoms with Gasteiger partial charge in [-0.25, -0.2) is 5.43 Å². The van der Waals surface area contributed by atoms with E-state index in [2.05, 4.69) is 26.5 Å². The van der Waals surface area contributed by atoms with Crippen LogP contribution in [0.3, 0.4) is 0 Å².